The summed E-state index contributed by atoms with van der Waals surface area (Å²) in [5.41, 5.74) is 0.845. The fourth-order valence-corrected chi connectivity index (χ4v) is 3.03. The summed E-state index contributed by atoms with van der Waals surface area (Å²) in [5.74, 6) is 6.45. The second kappa shape index (κ2) is 10.2. The van der Waals surface area contributed by atoms with Crippen molar-refractivity contribution >= 4 is 0 Å². The van der Waals surface area contributed by atoms with Gasteiger partial charge in [0.25, 0.3) is 0 Å². The zero-order chi connectivity index (χ0) is 22.3. The molecule has 1 nitrogen and oxygen atoms in total. The van der Waals surface area contributed by atoms with E-state index in [1.165, 1.54) is 18.2 Å². The number of halogens is 4. The molecule has 0 radical (unpaired) electrons. The fraction of sp³-hybridized carbons (Fsp3) is 0.231. The second-order valence-electron chi connectivity index (χ2n) is 7.32. The molecule has 1 unspecified atom stereocenters. The predicted molar refractivity (Wildman–Crippen MR) is 113 cm³/mol. The second-order valence-corrected chi connectivity index (χ2v) is 7.32. The average molecular weight is 426 g/mol. The topological polar surface area (TPSA) is 9.23 Å². The first-order valence-corrected chi connectivity index (χ1v) is 10.0. The molecule has 3 aromatic rings. The lowest BCUT2D eigenvalue weighted by atomic mass is 10.0. The number of rotatable bonds is 6. The summed E-state index contributed by atoms with van der Waals surface area (Å²) in [6.45, 7) is 1.98. The quantitative estimate of drug-likeness (QED) is 0.291. The molecule has 0 bridgehead atoms. The van der Waals surface area contributed by atoms with E-state index in [1.54, 1.807) is 24.3 Å². The normalized spacial score (nSPS) is 12.0. The van der Waals surface area contributed by atoms with Gasteiger partial charge in [-0.15, -0.1) is 0 Å². The van der Waals surface area contributed by atoms with Crippen molar-refractivity contribution < 1.29 is 22.3 Å². The van der Waals surface area contributed by atoms with Crippen molar-refractivity contribution in [2.75, 3.05) is 0 Å². The monoisotopic (exact) mass is 426 g/mol. The average Bonchev–Trinajstić information content (AvgIpc) is 2.75. The van der Waals surface area contributed by atoms with Gasteiger partial charge in [0.1, 0.15) is 5.75 Å². The Morgan fingerprint density at radius 3 is 2.32 bits per heavy atom. The van der Waals surface area contributed by atoms with Crippen LogP contribution in [-0.4, -0.2) is 0 Å². The van der Waals surface area contributed by atoms with Gasteiger partial charge in [0.05, 0.1) is 5.56 Å². The molecule has 3 rings (SSSR count). The molecule has 0 saturated heterocycles. The highest BCUT2D eigenvalue weighted by Crippen LogP contribution is 2.29. The highest BCUT2D eigenvalue weighted by molar-refractivity contribution is 5.37. The SMILES string of the molecule is CC(C#Cc1ccc(C(F)(F)F)cc1)CCCc1ccc(F)c(Oc2ccccc2)c1. The summed E-state index contributed by atoms with van der Waals surface area (Å²) in [4.78, 5) is 0. The summed E-state index contributed by atoms with van der Waals surface area (Å²) < 4.78 is 57.5. The van der Waals surface area contributed by atoms with Gasteiger partial charge < -0.3 is 4.74 Å². The number of hydrogen-bond acceptors (Lipinski definition) is 1. The number of ether oxygens (including phenoxy) is 1. The van der Waals surface area contributed by atoms with Crippen LogP contribution in [0.4, 0.5) is 17.6 Å². The summed E-state index contributed by atoms with van der Waals surface area (Å²) in [5, 5.41) is 0. The van der Waals surface area contributed by atoms with Crippen LogP contribution in [-0.2, 0) is 12.6 Å². The van der Waals surface area contributed by atoms with Crippen LogP contribution in [0.15, 0.2) is 72.8 Å². The molecule has 0 N–H and O–H groups in total. The smallest absolute Gasteiger partial charge is 0.416 e. The number of aryl methyl sites for hydroxylation is 1. The molecule has 5 heteroatoms. The maximum Gasteiger partial charge on any atom is 0.416 e. The Bertz CT molecular complexity index is 1040. The molecular weight excluding hydrogens is 404 g/mol. The van der Waals surface area contributed by atoms with E-state index in [-0.39, 0.29) is 11.7 Å². The van der Waals surface area contributed by atoms with E-state index in [0.29, 0.717) is 11.3 Å². The van der Waals surface area contributed by atoms with Crippen LogP contribution in [0.5, 0.6) is 11.5 Å². The zero-order valence-corrected chi connectivity index (χ0v) is 17.0. The first-order valence-electron chi connectivity index (χ1n) is 10.0. The Labute approximate surface area is 179 Å². The van der Waals surface area contributed by atoms with Crippen LogP contribution in [0.25, 0.3) is 0 Å². The van der Waals surface area contributed by atoms with E-state index in [0.717, 1.165) is 37.0 Å². The van der Waals surface area contributed by atoms with Gasteiger partial charge in [0.2, 0.25) is 0 Å². The van der Waals surface area contributed by atoms with Gasteiger partial charge in [-0.2, -0.15) is 13.2 Å². The van der Waals surface area contributed by atoms with E-state index in [1.807, 2.05) is 25.1 Å². The van der Waals surface area contributed by atoms with E-state index in [9.17, 15) is 17.6 Å². The summed E-state index contributed by atoms with van der Waals surface area (Å²) in [6, 6.07) is 18.7. The fourth-order valence-electron chi connectivity index (χ4n) is 3.03. The summed E-state index contributed by atoms with van der Waals surface area (Å²) in [7, 11) is 0. The third-order valence-corrected chi connectivity index (χ3v) is 4.74. The van der Waals surface area contributed by atoms with Gasteiger partial charge in [-0.3, -0.25) is 0 Å². The van der Waals surface area contributed by atoms with E-state index in [4.69, 9.17) is 4.74 Å². The number of para-hydroxylation sites is 1. The van der Waals surface area contributed by atoms with Crippen LogP contribution in [0.2, 0.25) is 0 Å². The van der Waals surface area contributed by atoms with Gasteiger partial charge >= 0.3 is 6.18 Å². The molecule has 0 amide bonds. The molecular formula is C26H22F4O. The Balaban J connectivity index is 1.52. The molecule has 0 saturated carbocycles. The Kier molecular flexibility index (Phi) is 7.36. The largest absolute Gasteiger partial charge is 0.454 e. The molecule has 0 aromatic heterocycles. The molecule has 0 spiro atoms. The summed E-state index contributed by atoms with van der Waals surface area (Å²) in [6.07, 6.45) is -1.93. The van der Waals surface area contributed by atoms with Gasteiger partial charge in [-0.1, -0.05) is 43.0 Å². The van der Waals surface area contributed by atoms with Crippen LogP contribution in [0.1, 0.15) is 36.5 Å². The Morgan fingerprint density at radius 2 is 1.65 bits per heavy atom. The van der Waals surface area contributed by atoms with Crippen molar-refractivity contribution in [2.24, 2.45) is 5.92 Å². The summed E-state index contributed by atoms with van der Waals surface area (Å²) >= 11 is 0. The standard InChI is InChI=1S/C26H22F4O/c1-19(10-11-20-12-15-22(16-13-20)26(28,29)30)6-5-7-21-14-17-24(27)25(18-21)31-23-8-3-2-4-9-23/h2-4,8-9,12-19H,5-7H2,1H3. The van der Waals surface area contributed by atoms with Crippen LogP contribution in [0.3, 0.4) is 0 Å². The predicted octanol–water partition coefficient (Wildman–Crippen LogP) is 7.65. The van der Waals surface area contributed by atoms with E-state index < -0.39 is 17.6 Å². The lowest BCUT2D eigenvalue weighted by Crippen LogP contribution is -2.04. The van der Waals surface area contributed by atoms with Crippen LogP contribution in [0, 0.1) is 23.6 Å². The molecule has 0 aliphatic carbocycles. The molecule has 0 fully saturated rings. The first kappa shape index (κ1) is 22.4. The Hall–Kier alpha value is -3.26. The third kappa shape index (κ3) is 6.89. The van der Waals surface area contributed by atoms with Crippen molar-refractivity contribution in [3.8, 4) is 23.3 Å². The minimum Gasteiger partial charge on any atom is -0.454 e. The van der Waals surface area contributed by atoms with Crippen molar-refractivity contribution in [2.45, 2.75) is 32.4 Å². The lowest BCUT2D eigenvalue weighted by Gasteiger charge is -2.09. The van der Waals surface area contributed by atoms with Gasteiger partial charge in [-0.05, 0) is 73.4 Å². The minimum absolute atomic E-state index is 0.0859. The van der Waals surface area contributed by atoms with Crippen LogP contribution >= 0.6 is 0 Å². The van der Waals surface area contributed by atoms with E-state index in [2.05, 4.69) is 11.8 Å². The van der Waals surface area contributed by atoms with Crippen LogP contribution < -0.4 is 4.74 Å². The van der Waals surface area contributed by atoms with Gasteiger partial charge in [0.15, 0.2) is 11.6 Å². The molecule has 1 atom stereocenters. The molecule has 0 heterocycles. The molecule has 31 heavy (non-hydrogen) atoms. The minimum atomic E-state index is -4.34. The van der Waals surface area contributed by atoms with Crippen molar-refractivity contribution in [1.29, 1.82) is 0 Å². The van der Waals surface area contributed by atoms with Crippen molar-refractivity contribution in [3.63, 3.8) is 0 Å². The maximum absolute atomic E-state index is 14.1. The zero-order valence-electron chi connectivity index (χ0n) is 17.0. The lowest BCUT2D eigenvalue weighted by molar-refractivity contribution is -0.137. The van der Waals surface area contributed by atoms with Gasteiger partial charge in [0, 0.05) is 11.5 Å². The van der Waals surface area contributed by atoms with E-state index >= 15 is 0 Å². The third-order valence-electron chi connectivity index (χ3n) is 4.74. The highest BCUT2D eigenvalue weighted by Gasteiger charge is 2.29. The van der Waals surface area contributed by atoms with Gasteiger partial charge in [-0.25, -0.2) is 4.39 Å². The van der Waals surface area contributed by atoms with Crippen molar-refractivity contribution in [3.05, 3.63) is 95.3 Å². The Morgan fingerprint density at radius 1 is 0.935 bits per heavy atom. The van der Waals surface area contributed by atoms with Crippen molar-refractivity contribution in [1.82, 2.24) is 0 Å². The number of benzene rings is 3. The molecule has 0 aliphatic heterocycles. The molecule has 3 aromatic carbocycles. The highest BCUT2D eigenvalue weighted by atomic mass is 19.4. The molecule has 0 aliphatic rings. The number of hydrogen-bond donors (Lipinski definition) is 0. The maximum atomic E-state index is 14.1. The number of alkyl halides is 3. The molecule has 160 valence electrons. The first-order chi connectivity index (χ1) is 14.8.